The van der Waals surface area contributed by atoms with Crippen molar-refractivity contribution in [3.8, 4) is 6.07 Å². The lowest BCUT2D eigenvalue weighted by molar-refractivity contribution is -0.385. The van der Waals surface area contributed by atoms with Gasteiger partial charge in [-0.05, 0) is 27.6 Å². The molecule has 0 saturated carbocycles. The van der Waals surface area contributed by atoms with Crippen LogP contribution in [0.1, 0.15) is 11.1 Å². The predicted molar refractivity (Wildman–Crippen MR) is 53.4 cm³/mol. The molecule has 0 aliphatic heterocycles. The first-order valence-corrected chi connectivity index (χ1v) is 4.46. The average molecular weight is 256 g/mol. The number of nitrogens with two attached hydrogens (primary N) is 1. The van der Waals surface area contributed by atoms with Gasteiger partial charge in [0.05, 0.1) is 21.0 Å². The van der Waals surface area contributed by atoms with Crippen LogP contribution in [-0.4, -0.2) is 4.92 Å². The van der Waals surface area contributed by atoms with Crippen LogP contribution in [0.15, 0.2) is 16.6 Å². The molecule has 14 heavy (non-hydrogen) atoms. The maximum Gasteiger partial charge on any atom is 0.285 e. The van der Waals surface area contributed by atoms with Gasteiger partial charge >= 0.3 is 0 Å². The lowest BCUT2D eigenvalue weighted by Crippen LogP contribution is -2.01. The smallest absolute Gasteiger partial charge is 0.285 e. The number of hydrogen-bond donors (Lipinski definition) is 1. The van der Waals surface area contributed by atoms with E-state index in [4.69, 9.17) is 11.0 Å². The number of nitriles is 1. The minimum Gasteiger partial charge on any atom is -0.326 e. The third-order valence-electron chi connectivity index (χ3n) is 1.67. The van der Waals surface area contributed by atoms with Gasteiger partial charge in [0, 0.05) is 12.6 Å². The number of hydrogen-bond acceptors (Lipinski definition) is 4. The number of rotatable bonds is 2. The predicted octanol–water partition coefficient (Wildman–Crippen LogP) is 1.69. The number of nitro groups is 1. The molecule has 1 rings (SSSR count). The molecular formula is C8H6BrN3O2. The van der Waals surface area contributed by atoms with Gasteiger partial charge in [-0.3, -0.25) is 10.1 Å². The maximum atomic E-state index is 10.6. The quantitative estimate of drug-likeness (QED) is 0.643. The zero-order valence-corrected chi connectivity index (χ0v) is 8.61. The monoisotopic (exact) mass is 255 g/mol. The van der Waals surface area contributed by atoms with Crippen molar-refractivity contribution in [1.29, 1.82) is 5.26 Å². The van der Waals surface area contributed by atoms with Crippen LogP contribution in [-0.2, 0) is 6.54 Å². The van der Waals surface area contributed by atoms with Gasteiger partial charge in [-0.1, -0.05) is 0 Å². The van der Waals surface area contributed by atoms with E-state index in [2.05, 4.69) is 15.9 Å². The topological polar surface area (TPSA) is 93.0 Å². The van der Waals surface area contributed by atoms with E-state index >= 15 is 0 Å². The molecule has 1 aromatic carbocycles. The Morgan fingerprint density at radius 2 is 2.29 bits per heavy atom. The van der Waals surface area contributed by atoms with Crippen LogP contribution in [0.4, 0.5) is 5.69 Å². The Balaban J connectivity index is 3.44. The molecule has 2 N–H and O–H groups in total. The van der Waals surface area contributed by atoms with Gasteiger partial charge in [0.15, 0.2) is 0 Å². The van der Waals surface area contributed by atoms with Gasteiger partial charge in [-0.2, -0.15) is 5.26 Å². The van der Waals surface area contributed by atoms with Crippen LogP contribution in [0.5, 0.6) is 0 Å². The third-order valence-corrected chi connectivity index (χ3v) is 2.59. The van der Waals surface area contributed by atoms with Gasteiger partial charge in [0.2, 0.25) is 0 Å². The largest absolute Gasteiger partial charge is 0.326 e. The molecule has 0 heterocycles. The van der Waals surface area contributed by atoms with Crippen molar-refractivity contribution >= 4 is 21.6 Å². The average Bonchev–Trinajstić information content (AvgIpc) is 2.17. The molecule has 0 aromatic heterocycles. The standard InChI is InChI=1S/C8H6BrN3O2/c9-8-6(4-11)1-5(3-10)2-7(8)12(13)14/h1-2H,4,11H2. The molecule has 0 spiro atoms. The minimum absolute atomic E-state index is 0.135. The summed E-state index contributed by atoms with van der Waals surface area (Å²) in [5.41, 5.74) is 6.03. The van der Waals surface area contributed by atoms with E-state index in [1.807, 2.05) is 6.07 Å². The van der Waals surface area contributed by atoms with Crippen molar-refractivity contribution in [2.75, 3.05) is 0 Å². The van der Waals surface area contributed by atoms with E-state index in [1.165, 1.54) is 12.1 Å². The molecule has 0 atom stereocenters. The molecule has 1 aromatic rings. The fourth-order valence-electron chi connectivity index (χ4n) is 1.01. The second kappa shape index (κ2) is 4.17. The third kappa shape index (κ3) is 1.89. The molecular weight excluding hydrogens is 250 g/mol. The van der Waals surface area contributed by atoms with Gasteiger partial charge in [0.25, 0.3) is 5.69 Å². The summed E-state index contributed by atoms with van der Waals surface area (Å²) in [7, 11) is 0. The highest BCUT2D eigenvalue weighted by Crippen LogP contribution is 2.29. The number of nitrogens with zero attached hydrogens (tertiary/aromatic N) is 2. The zero-order valence-electron chi connectivity index (χ0n) is 7.03. The molecule has 0 unspecified atom stereocenters. The van der Waals surface area contributed by atoms with Crippen LogP contribution in [0, 0.1) is 21.4 Å². The van der Waals surface area contributed by atoms with E-state index in [9.17, 15) is 10.1 Å². The molecule has 72 valence electrons. The molecule has 0 amide bonds. The lowest BCUT2D eigenvalue weighted by Gasteiger charge is -2.02. The highest BCUT2D eigenvalue weighted by atomic mass is 79.9. The second-order valence-electron chi connectivity index (χ2n) is 2.54. The van der Waals surface area contributed by atoms with Crippen molar-refractivity contribution in [2.45, 2.75) is 6.54 Å². The summed E-state index contributed by atoms with van der Waals surface area (Å²) < 4.78 is 0.337. The molecule has 0 aliphatic carbocycles. The SMILES string of the molecule is N#Cc1cc(CN)c(Br)c([N+](=O)[O-])c1. The molecule has 0 bridgehead atoms. The van der Waals surface area contributed by atoms with Crippen LogP contribution in [0.25, 0.3) is 0 Å². The van der Waals surface area contributed by atoms with Crippen LogP contribution in [0.3, 0.4) is 0 Å². The molecule has 5 nitrogen and oxygen atoms in total. The summed E-state index contributed by atoms with van der Waals surface area (Å²) >= 11 is 3.07. The summed E-state index contributed by atoms with van der Waals surface area (Å²) in [5, 5.41) is 19.2. The second-order valence-corrected chi connectivity index (χ2v) is 3.33. The van der Waals surface area contributed by atoms with Gasteiger partial charge in [0.1, 0.15) is 0 Å². The first kappa shape index (κ1) is 10.6. The Kier molecular flexibility index (Phi) is 3.17. The van der Waals surface area contributed by atoms with E-state index in [-0.39, 0.29) is 17.8 Å². The Morgan fingerprint density at radius 1 is 1.64 bits per heavy atom. The number of benzene rings is 1. The molecule has 0 fully saturated rings. The van der Waals surface area contributed by atoms with Gasteiger partial charge in [-0.15, -0.1) is 0 Å². The lowest BCUT2D eigenvalue weighted by atomic mass is 10.1. The summed E-state index contributed by atoms with van der Waals surface area (Å²) in [5.74, 6) is 0. The van der Waals surface area contributed by atoms with Crippen molar-refractivity contribution in [3.63, 3.8) is 0 Å². The highest BCUT2D eigenvalue weighted by Gasteiger charge is 2.16. The van der Waals surface area contributed by atoms with E-state index < -0.39 is 4.92 Å². The fraction of sp³-hybridized carbons (Fsp3) is 0.125. The molecule has 0 aliphatic rings. The van der Waals surface area contributed by atoms with Crippen LogP contribution in [0.2, 0.25) is 0 Å². The summed E-state index contributed by atoms with van der Waals surface area (Å²) in [6.45, 7) is 0.150. The minimum atomic E-state index is -0.552. The normalized spacial score (nSPS) is 9.50. The summed E-state index contributed by atoms with van der Waals surface area (Å²) in [6.07, 6.45) is 0. The summed E-state index contributed by atoms with van der Waals surface area (Å²) in [6, 6.07) is 4.58. The zero-order chi connectivity index (χ0) is 10.7. The van der Waals surface area contributed by atoms with Gasteiger partial charge < -0.3 is 5.73 Å². The Hall–Kier alpha value is -1.45. The Morgan fingerprint density at radius 3 is 2.71 bits per heavy atom. The first-order chi connectivity index (χ1) is 6.60. The van der Waals surface area contributed by atoms with Crippen molar-refractivity contribution in [3.05, 3.63) is 37.8 Å². The fourth-order valence-corrected chi connectivity index (χ4v) is 1.55. The van der Waals surface area contributed by atoms with E-state index in [0.29, 0.717) is 10.0 Å². The van der Waals surface area contributed by atoms with Crippen molar-refractivity contribution < 1.29 is 4.92 Å². The highest BCUT2D eigenvalue weighted by molar-refractivity contribution is 9.10. The Bertz CT molecular complexity index is 425. The Labute approximate surface area is 88.4 Å². The van der Waals surface area contributed by atoms with Crippen molar-refractivity contribution in [2.24, 2.45) is 5.73 Å². The molecule has 6 heteroatoms. The van der Waals surface area contributed by atoms with E-state index in [0.717, 1.165) is 0 Å². The van der Waals surface area contributed by atoms with E-state index in [1.54, 1.807) is 0 Å². The van der Waals surface area contributed by atoms with Crippen LogP contribution < -0.4 is 5.73 Å². The van der Waals surface area contributed by atoms with Gasteiger partial charge in [-0.25, -0.2) is 0 Å². The van der Waals surface area contributed by atoms with Crippen LogP contribution >= 0.6 is 15.9 Å². The van der Waals surface area contributed by atoms with Crippen molar-refractivity contribution in [1.82, 2.24) is 0 Å². The molecule has 0 saturated heterocycles. The molecule has 0 radical (unpaired) electrons. The number of halogens is 1. The number of nitro benzene ring substituents is 1. The maximum absolute atomic E-state index is 10.6. The summed E-state index contributed by atoms with van der Waals surface area (Å²) in [4.78, 5) is 10.0. The first-order valence-electron chi connectivity index (χ1n) is 3.67.